The number of carbonyl (C=O) groups is 1. The number of fused-ring (bicyclic) bond motifs is 2. The van der Waals surface area contributed by atoms with Gasteiger partial charge in [0.15, 0.2) is 0 Å². The van der Waals surface area contributed by atoms with Crippen LogP contribution >= 0.6 is 0 Å². The number of piperazine rings is 1. The molecule has 4 aliphatic rings. The average molecular weight is 531 g/mol. The van der Waals surface area contributed by atoms with Crippen molar-refractivity contribution < 1.29 is 14.6 Å². The average Bonchev–Trinajstić information content (AvgIpc) is 3.35. The summed E-state index contributed by atoms with van der Waals surface area (Å²) in [5.41, 5.74) is 5.39. The second kappa shape index (κ2) is 10.6. The summed E-state index contributed by atoms with van der Waals surface area (Å²) in [7, 11) is 2.14. The molecule has 9 heteroatoms. The van der Waals surface area contributed by atoms with Crippen LogP contribution in [0.15, 0.2) is 24.3 Å². The van der Waals surface area contributed by atoms with Crippen LogP contribution in [0.4, 0.5) is 10.6 Å². The Morgan fingerprint density at radius 2 is 1.95 bits per heavy atom. The number of benzene rings is 1. The minimum atomic E-state index is -0.969. The normalized spacial score (nSPS) is 26.7. The Morgan fingerprint density at radius 3 is 2.72 bits per heavy atom. The SMILES string of the molecule is CN1CCC[C@H]1COc1nc2c(c(N3CCN(C(=O)O)[C@@H](CC#N)C3)n1)CC[C@]1(CCc3ccccc3C1)C2. The highest BCUT2D eigenvalue weighted by Gasteiger charge is 2.41. The van der Waals surface area contributed by atoms with Crippen LogP contribution in [0.1, 0.15) is 54.5 Å². The molecular weight excluding hydrogens is 492 g/mol. The predicted molar refractivity (Wildman–Crippen MR) is 147 cm³/mol. The Balaban J connectivity index is 1.31. The topological polar surface area (TPSA) is 106 Å². The lowest BCUT2D eigenvalue weighted by Gasteiger charge is -2.44. The molecule has 1 amide bonds. The number of likely N-dealkylation sites (N-methyl/N-ethyl adjacent to an activating group) is 1. The summed E-state index contributed by atoms with van der Waals surface area (Å²) < 4.78 is 6.28. The zero-order valence-corrected chi connectivity index (χ0v) is 22.8. The fraction of sp³-hybridized carbons (Fsp3) is 0.600. The second-order valence-electron chi connectivity index (χ2n) is 11.9. The van der Waals surface area contributed by atoms with Crippen LogP contribution in [0.3, 0.4) is 0 Å². The van der Waals surface area contributed by atoms with E-state index in [1.807, 2.05) is 0 Å². The molecule has 0 radical (unpaired) electrons. The highest BCUT2D eigenvalue weighted by atomic mass is 16.5. The van der Waals surface area contributed by atoms with Crippen LogP contribution in [0.2, 0.25) is 0 Å². The molecule has 206 valence electrons. The zero-order chi connectivity index (χ0) is 27.0. The van der Waals surface area contributed by atoms with Crippen LogP contribution in [0.5, 0.6) is 6.01 Å². The number of hydrogen-bond acceptors (Lipinski definition) is 7. The van der Waals surface area contributed by atoms with Gasteiger partial charge < -0.3 is 24.5 Å². The molecule has 1 spiro atoms. The molecule has 2 fully saturated rings. The number of anilines is 1. The smallest absolute Gasteiger partial charge is 0.407 e. The van der Waals surface area contributed by atoms with Crippen molar-refractivity contribution in [1.82, 2.24) is 19.8 Å². The summed E-state index contributed by atoms with van der Waals surface area (Å²) in [5.74, 6) is 0.869. The highest BCUT2D eigenvalue weighted by Crippen LogP contribution is 2.46. The van der Waals surface area contributed by atoms with Gasteiger partial charge >= 0.3 is 12.1 Å². The maximum atomic E-state index is 11.8. The number of carboxylic acid groups (broad SMARTS) is 1. The van der Waals surface area contributed by atoms with Gasteiger partial charge in [-0.05, 0) is 81.5 Å². The molecule has 0 bridgehead atoms. The van der Waals surface area contributed by atoms with E-state index in [2.05, 4.69) is 47.2 Å². The molecule has 9 nitrogen and oxygen atoms in total. The zero-order valence-electron chi connectivity index (χ0n) is 22.8. The van der Waals surface area contributed by atoms with Crippen molar-refractivity contribution in [3.8, 4) is 12.1 Å². The first-order valence-corrected chi connectivity index (χ1v) is 14.4. The lowest BCUT2D eigenvalue weighted by atomic mass is 9.63. The van der Waals surface area contributed by atoms with Gasteiger partial charge in [0.05, 0.1) is 24.2 Å². The van der Waals surface area contributed by atoms with Crippen molar-refractivity contribution in [2.75, 3.05) is 44.7 Å². The number of rotatable bonds is 5. The molecule has 0 unspecified atom stereocenters. The summed E-state index contributed by atoms with van der Waals surface area (Å²) in [4.78, 5) is 27.7. The molecule has 0 saturated carbocycles. The number of ether oxygens (including phenoxy) is 1. The minimum Gasteiger partial charge on any atom is -0.465 e. The maximum absolute atomic E-state index is 11.8. The Kier molecular flexibility index (Phi) is 7.06. The van der Waals surface area contributed by atoms with E-state index in [4.69, 9.17) is 14.7 Å². The van der Waals surface area contributed by atoms with Gasteiger partial charge in [0.25, 0.3) is 0 Å². The fourth-order valence-corrected chi connectivity index (χ4v) is 7.23. The second-order valence-corrected chi connectivity index (χ2v) is 11.9. The first-order valence-electron chi connectivity index (χ1n) is 14.4. The fourth-order valence-electron chi connectivity index (χ4n) is 7.23. The quantitative estimate of drug-likeness (QED) is 0.624. The minimum absolute atomic E-state index is 0.163. The van der Waals surface area contributed by atoms with Gasteiger partial charge in [0.1, 0.15) is 12.4 Å². The van der Waals surface area contributed by atoms with Gasteiger partial charge in [0, 0.05) is 31.2 Å². The van der Waals surface area contributed by atoms with Crippen LogP contribution in [-0.4, -0.2) is 82.9 Å². The molecule has 6 rings (SSSR count). The van der Waals surface area contributed by atoms with E-state index in [1.54, 1.807) is 0 Å². The summed E-state index contributed by atoms with van der Waals surface area (Å²) in [6.45, 7) is 3.00. The third-order valence-electron chi connectivity index (χ3n) is 9.54. The van der Waals surface area contributed by atoms with Crippen molar-refractivity contribution in [3.05, 3.63) is 46.6 Å². The number of aromatic nitrogens is 2. The number of nitriles is 1. The predicted octanol–water partition coefficient (Wildman–Crippen LogP) is 3.70. The Morgan fingerprint density at radius 1 is 1.13 bits per heavy atom. The van der Waals surface area contributed by atoms with Gasteiger partial charge in [-0.1, -0.05) is 24.3 Å². The molecule has 39 heavy (non-hydrogen) atoms. The van der Waals surface area contributed by atoms with E-state index < -0.39 is 6.09 Å². The summed E-state index contributed by atoms with van der Waals surface area (Å²) in [6.07, 6.45) is 7.73. The van der Waals surface area contributed by atoms with Gasteiger partial charge in [-0.3, -0.25) is 0 Å². The van der Waals surface area contributed by atoms with Crippen LogP contribution in [0.25, 0.3) is 0 Å². The Labute approximate surface area is 230 Å². The van der Waals surface area contributed by atoms with E-state index in [-0.39, 0.29) is 17.9 Å². The van der Waals surface area contributed by atoms with E-state index in [9.17, 15) is 15.2 Å². The lowest BCUT2D eigenvalue weighted by Crippen LogP contribution is -2.55. The van der Waals surface area contributed by atoms with Crippen molar-refractivity contribution in [1.29, 1.82) is 5.26 Å². The number of hydrogen-bond donors (Lipinski definition) is 1. The molecule has 1 N–H and O–H groups in total. The van der Waals surface area contributed by atoms with Gasteiger partial charge in [-0.25, -0.2) is 4.79 Å². The van der Waals surface area contributed by atoms with Gasteiger partial charge in [0.2, 0.25) is 0 Å². The van der Waals surface area contributed by atoms with E-state index in [0.29, 0.717) is 38.3 Å². The number of likely N-dealkylation sites (tertiary alicyclic amines) is 1. The largest absolute Gasteiger partial charge is 0.465 e. The highest BCUT2D eigenvalue weighted by molar-refractivity contribution is 5.66. The van der Waals surface area contributed by atoms with Crippen LogP contribution in [-0.2, 0) is 25.7 Å². The third kappa shape index (κ3) is 5.14. The molecule has 2 aliphatic carbocycles. The standard InChI is InChI=1S/C30H38N6O3/c1-34-14-4-7-24(34)20-39-28-32-26-18-30(11-8-21-5-2-3-6-22(21)17-30)12-9-25(26)27(33-28)35-15-16-36(29(37)38)23(19-35)10-13-31/h2-3,5-6,23-24H,4,7-12,14-20H2,1H3,(H,37,38)/t23-,24-,30-/m0/s1. The third-order valence-corrected chi connectivity index (χ3v) is 9.54. The number of amides is 1. The van der Waals surface area contributed by atoms with E-state index in [0.717, 1.165) is 63.0 Å². The monoisotopic (exact) mass is 530 g/mol. The lowest BCUT2D eigenvalue weighted by molar-refractivity contribution is 0.118. The molecule has 2 aliphatic heterocycles. The van der Waals surface area contributed by atoms with Crippen molar-refractivity contribution in [2.45, 2.75) is 69.9 Å². The van der Waals surface area contributed by atoms with E-state index >= 15 is 0 Å². The Hall–Kier alpha value is -3.38. The maximum Gasteiger partial charge on any atom is 0.407 e. The summed E-state index contributed by atoms with van der Waals surface area (Å²) >= 11 is 0. The number of aryl methyl sites for hydroxylation is 1. The first kappa shape index (κ1) is 25.9. The summed E-state index contributed by atoms with van der Waals surface area (Å²) in [6, 6.07) is 11.4. The molecular formula is C30H38N6O3. The van der Waals surface area contributed by atoms with Crippen molar-refractivity contribution >= 4 is 11.9 Å². The molecule has 1 aromatic heterocycles. The number of nitrogens with zero attached hydrogens (tertiary/aromatic N) is 6. The molecule has 2 saturated heterocycles. The molecule has 1 aromatic carbocycles. The molecule has 3 atom stereocenters. The van der Waals surface area contributed by atoms with Gasteiger partial charge in [-0.2, -0.15) is 15.2 Å². The molecule has 2 aromatic rings. The Bertz CT molecular complexity index is 1280. The van der Waals surface area contributed by atoms with Crippen LogP contribution < -0.4 is 9.64 Å². The molecule has 3 heterocycles. The van der Waals surface area contributed by atoms with Crippen LogP contribution in [0, 0.1) is 16.7 Å². The van der Waals surface area contributed by atoms with Crippen molar-refractivity contribution in [2.24, 2.45) is 5.41 Å². The van der Waals surface area contributed by atoms with E-state index in [1.165, 1.54) is 28.0 Å². The van der Waals surface area contributed by atoms with Crippen molar-refractivity contribution in [3.63, 3.8) is 0 Å². The summed E-state index contributed by atoms with van der Waals surface area (Å²) in [5, 5.41) is 19.1. The first-order chi connectivity index (χ1) is 18.9. The van der Waals surface area contributed by atoms with Gasteiger partial charge in [-0.15, -0.1) is 0 Å².